The lowest BCUT2D eigenvalue weighted by atomic mass is 10.1. The number of nitrogens with one attached hydrogen (secondary N) is 1. The van der Waals surface area contributed by atoms with Gasteiger partial charge in [-0.2, -0.15) is 0 Å². The average molecular weight is 293 g/mol. The van der Waals surface area contributed by atoms with Crippen LogP contribution in [0, 0.1) is 13.8 Å². The van der Waals surface area contributed by atoms with E-state index in [0.717, 1.165) is 36.8 Å². The molecule has 4 nitrogen and oxygen atoms in total. The van der Waals surface area contributed by atoms with Crippen molar-refractivity contribution in [1.29, 1.82) is 0 Å². The lowest BCUT2D eigenvalue weighted by Crippen LogP contribution is -2.21. The number of thiazole rings is 1. The van der Waals surface area contributed by atoms with Gasteiger partial charge >= 0.3 is 0 Å². The molecule has 0 fully saturated rings. The number of hydrogen-bond donors (Lipinski definition) is 1. The van der Waals surface area contributed by atoms with Crippen molar-refractivity contribution in [3.8, 4) is 0 Å². The van der Waals surface area contributed by atoms with E-state index in [1.807, 2.05) is 0 Å². The SMILES string of the molecule is CCC(=Cc1c(C)nc2sc(C)cn12)CNCCOC. The molecule has 110 valence electrons. The smallest absolute Gasteiger partial charge is 0.194 e. The fourth-order valence-corrected chi connectivity index (χ4v) is 3.03. The first kappa shape index (κ1) is 15.2. The van der Waals surface area contributed by atoms with Crippen LogP contribution in [0.3, 0.4) is 0 Å². The zero-order chi connectivity index (χ0) is 14.5. The van der Waals surface area contributed by atoms with Crippen molar-refractivity contribution < 1.29 is 4.74 Å². The predicted molar refractivity (Wildman–Crippen MR) is 85.6 cm³/mol. The highest BCUT2D eigenvalue weighted by Crippen LogP contribution is 2.22. The standard InChI is InChI=1S/C15H23N3OS/c1-5-13(9-16-6-7-19-4)8-14-12(3)17-15-18(14)10-11(2)20-15/h8,10,16H,5-7,9H2,1-4H3. The minimum atomic E-state index is 0.747. The lowest BCUT2D eigenvalue weighted by Gasteiger charge is -2.07. The highest BCUT2D eigenvalue weighted by molar-refractivity contribution is 7.17. The number of nitrogens with zero attached hydrogens (tertiary/aromatic N) is 2. The van der Waals surface area contributed by atoms with Gasteiger partial charge in [0.15, 0.2) is 4.96 Å². The monoisotopic (exact) mass is 293 g/mol. The molecule has 0 saturated carbocycles. The fraction of sp³-hybridized carbons (Fsp3) is 0.533. The molecule has 0 aliphatic carbocycles. The average Bonchev–Trinajstić information content (AvgIpc) is 2.90. The minimum absolute atomic E-state index is 0.747. The second-order valence-corrected chi connectivity index (χ2v) is 6.12. The molecule has 2 rings (SSSR count). The Morgan fingerprint density at radius 2 is 2.30 bits per heavy atom. The van der Waals surface area contributed by atoms with E-state index >= 15 is 0 Å². The van der Waals surface area contributed by atoms with Gasteiger partial charge in [0, 0.05) is 31.3 Å². The van der Waals surface area contributed by atoms with E-state index in [1.165, 1.54) is 16.1 Å². The summed E-state index contributed by atoms with van der Waals surface area (Å²) in [7, 11) is 1.73. The van der Waals surface area contributed by atoms with E-state index < -0.39 is 0 Å². The molecular formula is C15H23N3OS. The summed E-state index contributed by atoms with van der Waals surface area (Å²) in [5.74, 6) is 0. The van der Waals surface area contributed by atoms with E-state index in [1.54, 1.807) is 18.4 Å². The van der Waals surface area contributed by atoms with E-state index in [9.17, 15) is 0 Å². The van der Waals surface area contributed by atoms with Crippen molar-refractivity contribution in [2.45, 2.75) is 27.2 Å². The van der Waals surface area contributed by atoms with Gasteiger partial charge in [0.2, 0.25) is 0 Å². The van der Waals surface area contributed by atoms with Gasteiger partial charge in [-0.25, -0.2) is 4.98 Å². The summed E-state index contributed by atoms with van der Waals surface area (Å²) in [6, 6.07) is 0. The molecule has 0 amide bonds. The Kier molecular flexibility index (Phi) is 5.34. The Hall–Kier alpha value is -1.17. The van der Waals surface area contributed by atoms with Gasteiger partial charge in [0.05, 0.1) is 18.0 Å². The first-order valence-electron chi connectivity index (χ1n) is 7.00. The number of hydrogen-bond acceptors (Lipinski definition) is 4. The van der Waals surface area contributed by atoms with E-state index in [-0.39, 0.29) is 0 Å². The van der Waals surface area contributed by atoms with Gasteiger partial charge in [0.25, 0.3) is 0 Å². The summed E-state index contributed by atoms with van der Waals surface area (Å²) in [6.45, 7) is 8.91. The van der Waals surface area contributed by atoms with Gasteiger partial charge in [-0.05, 0) is 26.3 Å². The zero-order valence-electron chi connectivity index (χ0n) is 12.7. The molecule has 2 aromatic rings. The number of rotatable bonds is 7. The summed E-state index contributed by atoms with van der Waals surface area (Å²) in [6.07, 6.45) is 5.47. The van der Waals surface area contributed by atoms with Crippen LogP contribution in [0.1, 0.15) is 29.6 Å². The number of methoxy groups -OCH3 is 1. The summed E-state index contributed by atoms with van der Waals surface area (Å²) in [5, 5.41) is 3.40. The molecular weight excluding hydrogens is 270 g/mol. The van der Waals surface area contributed by atoms with Crippen molar-refractivity contribution in [3.05, 3.63) is 28.0 Å². The predicted octanol–water partition coefficient (Wildman–Crippen LogP) is 3.04. The molecule has 0 atom stereocenters. The molecule has 0 aliphatic rings. The Bertz CT molecular complexity index is 598. The van der Waals surface area contributed by atoms with Crippen LogP contribution in [-0.4, -0.2) is 36.2 Å². The summed E-state index contributed by atoms with van der Waals surface area (Å²) < 4.78 is 7.24. The second kappa shape index (κ2) is 7.02. The number of imidazole rings is 1. The topological polar surface area (TPSA) is 38.6 Å². The maximum absolute atomic E-state index is 5.05. The summed E-state index contributed by atoms with van der Waals surface area (Å²) >= 11 is 1.74. The normalized spacial score (nSPS) is 12.5. The molecule has 0 saturated heterocycles. The van der Waals surface area contributed by atoms with E-state index in [0.29, 0.717) is 0 Å². The van der Waals surface area contributed by atoms with Gasteiger partial charge in [-0.15, -0.1) is 11.3 Å². The fourth-order valence-electron chi connectivity index (χ4n) is 2.15. The van der Waals surface area contributed by atoms with Crippen LogP contribution in [0.5, 0.6) is 0 Å². The van der Waals surface area contributed by atoms with Crippen LogP contribution in [0.2, 0.25) is 0 Å². The minimum Gasteiger partial charge on any atom is -0.383 e. The number of aryl methyl sites for hydroxylation is 2. The Balaban J connectivity index is 2.18. The van der Waals surface area contributed by atoms with Gasteiger partial charge in [-0.3, -0.25) is 4.40 Å². The van der Waals surface area contributed by atoms with E-state index in [4.69, 9.17) is 4.74 Å². The Labute approximate surface area is 124 Å². The molecule has 0 bridgehead atoms. The first-order chi connectivity index (χ1) is 9.65. The molecule has 2 aromatic heterocycles. The molecule has 1 N–H and O–H groups in total. The zero-order valence-corrected chi connectivity index (χ0v) is 13.5. The van der Waals surface area contributed by atoms with Crippen molar-refractivity contribution in [2.75, 3.05) is 26.8 Å². The largest absolute Gasteiger partial charge is 0.383 e. The lowest BCUT2D eigenvalue weighted by molar-refractivity contribution is 0.200. The highest BCUT2D eigenvalue weighted by Gasteiger charge is 2.09. The van der Waals surface area contributed by atoms with E-state index in [2.05, 4.69) is 47.7 Å². The number of ether oxygens (including phenoxy) is 1. The number of aromatic nitrogens is 2. The van der Waals surface area contributed by atoms with Crippen LogP contribution in [0.15, 0.2) is 11.8 Å². The maximum Gasteiger partial charge on any atom is 0.194 e. The van der Waals surface area contributed by atoms with Crippen molar-refractivity contribution in [3.63, 3.8) is 0 Å². The second-order valence-electron chi connectivity index (χ2n) is 4.90. The number of fused-ring (bicyclic) bond motifs is 1. The third-order valence-electron chi connectivity index (χ3n) is 3.29. The molecule has 0 aromatic carbocycles. The van der Waals surface area contributed by atoms with Crippen LogP contribution in [0.25, 0.3) is 11.0 Å². The first-order valence-corrected chi connectivity index (χ1v) is 7.81. The highest BCUT2D eigenvalue weighted by atomic mass is 32.1. The van der Waals surface area contributed by atoms with Crippen molar-refractivity contribution in [1.82, 2.24) is 14.7 Å². The van der Waals surface area contributed by atoms with Crippen LogP contribution < -0.4 is 5.32 Å². The molecule has 0 spiro atoms. The quantitative estimate of drug-likeness (QED) is 0.797. The summed E-state index contributed by atoms with van der Waals surface area (Å²) in [5.41, 5.74) is 3.68. The van der Waals surface area contributed by atoms with Crippen LogP contribution in [0.4, 0.5) is 0 Å². The molecule has 20 heavy (non-hydrogen) atoms. The van der Waals surface area contributed by atoms with Crippen molar-refractivity contribution in [2.24, 2.45) is 0 Å². The molecule has 0 unspecified atom stereocenters. The molecule has 2 heterocycles. The third kappa shape index (κ3) is 3.48. The van der Waals surface area contributed by atoms with Gasteiger partial charge in [0.1, 0.15) is 0 Å². The van der Waals surface area contributed by atoms with Crippen LogP contribution in [-0.2, 0) is 4.74 Å². The Morgan fingerprint density at radius 1 is 1.50 bits per heavy atom. The van der Waals surface area contributed by atoms with Gasteiger partial charge < -0.3 is 10.1 Å². The molecule has 0 aliphatic heterocycles. The third-order valence-corrected chi connectivity index (χ3v) is 4.19. The van der Waals surface area contributed by atoms with Crippen LogP contribution >= 0.6 is 11.3 Å². The van der Waals surface area contributed by atoms with Crippen molar-refractivity contribution >= 4 is 22.4 Å². The van der Waals surface area contributed by atoms with Gasteiger partial charge in [-0.1, -0.05) is 12.5 Å². The molecule has 0 radical (unpaired) electrons. The summed E-state index contributed by atoms with van der Waals surface area (Å²) in [4.78, 5) is 7.00. The Morgan fingerprint density at radius 3 is 3.00 bits per heavy atom. The molecule has 5 heteroatoms. The maximum atomic E-state index is 5.05.